The number of pyridine rings is 1. The molecule has 0 saturated heterocycles. The molecule has 2 heterocycles. The molecule has 0 aliphatic rings. The molecule has 0 spiro atoms. The molecule has 0 unspecified atom stereocenters. The molecule has 134 valence electrons. The highest BCUT2D eigenvalue weighted by Crippen LogP contribution is 2.09. The van der Waals surface area contributed by atoms with Gasteiger partial charge in [-0.2, -0.15) is 0 Å². The quantitative estimate of drug-likeness (QED) is 0.562. The first kappa shape index (κ1) is 16.9. The lowest BCUT2D eigenvalue weighted by Gasteiger charge is -2.14. The van der Waals surface area contributed by atoms with Crippen molar-refractivity contribution in [1.29, 1.82) is 0 Å². The van der Waals surface area contributed by atoms with Gasteiger partial charge in [0.15, 0.2) is 5.52 Å². The van der Waals surface area contributed by atoms with Crippen LogP contribution in [0.3, 0.4) is 0 Å². The third-order valence-electron chi connectivity index (χ3n) is 4.42. The molecule has 2 aromatic heterocycles. The van der Waals surface area contributed by atoms with Crippen molar-refractivity contribution in [2.45, 2.75) is 13.1 Å². The topological polar surface area (TPSA) is 56.9 Å². The van der Waals surface area contributed by atoms with Crippen molar-refractivity contribution in [2.75, 3.05) is 0 Å². The normalized spacial score (nSPS) is 11.0. The van der Waals surface area contributed by atoms with Gasteiger partial charge in [-0.15, -0.1) is 0 Å². The molecule has 5 nitrogen and oxygen atoms in total. The summed E-state index contributed by atoms with van der Waals surface area (Å²) in [6, 6.07) is 18.7. The van der Waals surface area contributed by atoms with E-state index in [1.54, 1.807) is 28.8 Å². The van der Waals surface area contributed by atoms with Crippen LogP contribution in [0.4, 0.5) is 4.39 Å². The average molecular weight is 361 g/mol. The van der Waals surface area contributed by atoms with Crippen LogP contribution < -0.4 is 11.2 Å². The fourth-order valence-corrected chi connectivity index (χ4v) is 3.07. The van der Waals surface area contributed by atoms with E-state index in [1.165, 1.54) is 18.3 Å². The molecule has 0 amide bonds. The Morgan fingerprint density at radius 1 is 0.778 bits per heavy atom. The van der Waals surface area contributed by atoms with E-state index >= 15 is 0 Å². The molecule has 0 N–H and O–H groups in total. The molecule has 6 heteroatoms. The maximum Gasteiger partial charge on any atom is 0.332 e. The van der Waals surface area contributed by atoms with E-state index < -0.39 is 11.2 Å². The van der Waals surface area contributed by atoms with E-state index in [9.17, 15) is 14.0 Å². The van der Waals surface area contributed by atoms with Crippen LogP contribution in [0.15, 0.2) is 82.5 Å². The third kappa shape index (κ3) is 3.29. The highest BCUT2D eigenvalue weighted by Gasteiger charge is 2.14. The molecule has 2 aromatic carbocycles. The monoisotopic (exact) mass is 361 g/mol. The second-order valence-electron chi connectivity index (χ2n) is 6.24. The third-order valence-corrected chi connectivity index (χ3v) is 4.42. The van der Waals surface area contributed by atoms with Crippen molar-refractivity contribution in [3.8, 4) is 0 Å². The van der Waals surface area contributed by atoms with Gasteiger partial charge in [-0.3, -0.25) is 13.9 Å². The maximum absolute atomic E-state index is 13.2. The summed E-state index contributed by atoms with van der Waals surface area (Å²) < 4.78 is 15.8. The minimum Gasteiger partial charge on any atom is -0.287 e. The van der Waals surface area contributed by atoms with Crippen LogP contribution in [0.2, 0.25) is 0 Å². The van der Waals surface area contributed by atoms with Crippen LogP contribution in [0.1, 0.15) is 11.1 Å². The van der Waals surface area contributed by atoms with Gasteiger partial charge in [0.25, 0.3) is 5.56 Å². The Labute approximate surface area is 154 Å². The van der Waals surface area contributed by atoms with E-state index in [1.807, 2.05) is 30.3 Å². The first-order valence-corrected chi connectivity index (χ1v) is 8.50. The Bertz CT molecular complexity index is 1210. The minimum atomic E-state index is -0.454. The van der Waals surface area contributed by atoms with Gasteiger partial charge < -0.3 is 0 Å². The molecular formula is C21H16FN3O2. The van der Waals surface area contributed by atoms with Gasteiger partial charge in [0.2, 0.25) is 0 Å². The lowest BCUT2D eigenvalue weighted by Crippen LogP contribution is -2.40. The Hall–Kier alpha value is -3.54. The number of rotatable bonds is 4. The van der Waals surface area contributed by atoms with Gasteiger partial charge in [0, 0.05) is 6.20 Å². The number of hydrogen-bond acceptors (Lipinski definition) is 3. The van der Waals surface area contributed by atoms with E-state index in [2.05, 4.69) is 4.98 Å². The van der Waals surface area contributed by atoms with Gasteiger partial charge in [-0.05, 0) is 35.4 Å². The summed E-state index contributed by atoms with van der Waals surface area (Å²) in [6.45, 7) is 0.380. The molecule has 0 aliphatic carbocycles. The predicted octanol–water partition coefficient (Wildman–Crippen LogP) is 2.79. The average Bonchev–Trinajstić information content (AvgIpc) is 2.71. The van der Waals surface area contributed by atoms with Crippen molar-refractivity contribution >= 4 is 11.0 Å². The molecule has 0 aliphatic heterocycles. The van der Waals surface area contributed by atoms with Crippen molar-refractivity contribution in [3.63, 3.8) is 0 Å². The standard InChI is InChI=1S/C21H16FN3O2/c22-17-10-8-16(9-11-17)14-25-20(26)19-18(7-4-12-23-19)24(21(25)27)13-15-5-2-1-3-6-15/h1-12H,13-14H2. The molecule has 0 atom stereocenters. The SMILES string of the molecule is O=c1c2ncccc2n(Cc2ccccc2)c(=O)n1Cc1ccc(F)cc1. The summed E-state index contributed by atoms with van der Waals surface area (Å²) in [5.41, 5.74) is 1.45. The molecule has 0 bridgehead atoms. The number of aromatic nitrogens is 3. The fraction of sp³-hybridized carbons (Fsp3) is 0.0952. The molecule has 0 saturated carbocycles. The highest BCUT2D eigenvalue weighted by atomic mass is 19.1. The second kappa shape index (κ2) is 6.99. The molecular weight excluding hydrogens is 345 g/mol. The number of benzene rings is 2. The van der Waals surface area contributed by atoms with Crippen LogP contribution in [-0.2, 0) is 13.1 Å². The van der Waals surface area contributed by atoms with Gasteiger partial charge in [-0.1, -0.05) is 42.5 Å². The van der Waals surface area contributed by atoms with E-state index in [0.717, 1.165) is 10.1 Å². The molecule has 0 fully saturated rings. The number of nitrogens with zero attached hydrogens (tertiary/aromatic N) is 3. The molecule has 4 aromatic rings. The predicted molar refractivity (Wildman–Crippen MR) is 101 cm³/mol. The summed E-state index contributed by atoms with van der Waals surface area (Å²) in [7, 11) is 0. The zero-order chi connectivity index (χ0) is 18.8. The minimum absolute atomic E-state index is 0.0548. The molecule has 27 heavy (non-hydrogen) atoms. The Balaban J connectivity index is 1.90. The Morgan fingerprint density at radius 2 is 1.44 bits per heavy atom. The summed E-state index contributed by atoms with van der Waals surface area (Å²) in [6.07, 6.45) is 1.53. The van der Waals surface area contributed by atoms with E-state index in [0.29, 0.717) is 17.6 Å². The van der Waals surface area contributed by atoms with Crippen molar-refractivity contribution in [2.24, 2.45) is 0 Å². The fourth-order valence-electron chi connectivity index (χ4n) is 3.07. The van der Waals surface area contributed by atoms with E-state index in [-0.39, 0.29) is 17.9 Å². The summed E-state index contributed by atoms with van der Waals surface area (Å²) in [4.78, 5) is 30.1. The maximum atomic E-state index is 13.2. The molecule has 4 rings (SSSR count). The lowest BCUT2D eigenvalue weighted by atomic mass is 10.2. The van der Waals surface area contributed by atoms with Gasteiger partial charge in [-0.25, -0.2) is 14.2 Å². The summed E-state index contributed by atoms with van der Waals surface area (Å²) in [5, 5.41) is 0. The second-order valence-corrected chi connectivity index (χ2v) is 6.24. The van der Waals surface area contributed by atoms with Crippen LogP contribution in [0, 0.1) is 5.82 Å². The largest absolute Gasteiger partial charge is 0.332 e. The van der Waals surface area contributed by atoms with Gasteiger partial charge in [0.1, 0.15) is 5.82 Å². The zero-order valence-corrected chi connectivity index (χ0v) is 14.4. The number of hydrogen-bond donors (Lipinski definition) is 0. The number of fused-ring (bicyclic) bond motifs is 1. The molecule has 0 radical (unpaired) electrons. The zero-order valence-electron chi connectivity index (χ0n) is 14.4. The first-order chi connectivity index (χ1) is 13.1. The van der Waals surface area contributed by atoms with Gasteiger partial charge in [0.05, 0.1) is 18.6 Å². The van der Waals surface area contributed by atoms with E-state index in [4.69, 9.17) is 0 Å². The van der Waals surface area contributed by atoms with Crippen LogP contribution in [-0.4, -0.2) is 14.1 Å². The van der Waals surface area contributed by atoms with Crippen LogP contribution in [0.5, 0.6) is 0 Å². The Kier molecular flexibility index (Phi) is 4.38. The van der Waals surface area contributed by atoms with Gasteiger partial charge >= 0.3 is 5.69 Å². The summed E-state index contributed by atoms with van der Waals surface area (Å²) in [5.74, 6) is -0.368. The Morgan fingerprint density at radius 3 is 2.19 bits per heavy atom. The first-order valence-electron chi connectivity index (χ1n) is 8.50. The van der Waals surface area contributed by atoms with Crippen molar-refractivity contribution in [3.05, 3.63) is 111 Å². The smallest absolute Gasteiger partial charge is 0.287 e. The van der Waals surface area contributed by atoms with Crippen molar-refractivity contribution < 1.29 is 4.39 Å². The highest BCUT2D eigenvalue weighted by molar-refractivity contribution is 5.73. The van der Waals surface area contributed by atoms with Crippen LogP contribution in [0.25, 0.3) is 11.0 Å². The summed E-state index contributed by atoms with van der Waals surface area (Å²) >= 11 is 0. The lowest BCUT2D eigenvalue weighted by molar-refractivity contribution is 0.619. The van der Waals surface area contributed by atoms with Crippen molar-refractivity contribution in [1.82, 2.24) is 14.1 Å². The van der Waals surface area contributed by atoms with Crippen LogP contribution >= 0.6 is 0 Å². The number of halogens is 1.